The molecule has 2 heterocycles. The van der Waals surface area contributed by atoms with Gasteiger partial charge in [0.2, 0.25) is 0 Å². The zero-order valence-electron chi connectivity index (χ0n) is 10.2. The highest BCUT2D eigenvalue weighted by Crippen LogP contribution is 2.13. The summed E-state index contributed by atoms with van der Waals surface area (Å²) in [5.41, 5.74) is 1.68. The van der Waals surface area contributed by atoms with E-state index >= 15 is 0 Å². The third-order valence-corrected chi connectivity index (χ3v) is 2.41. The average molecular weight is 273 g/mol. The number of aromatic nitrogens is 2. The van der Waals surface area contributed by atoms with Crippen LogP contribution in [0.2, 0.25) is 0 Å². The van der Waals surface area contributed by atoms with Crippen LogP contribution in [0.25, 0.3) is 5.65 Å². The molecule has 19 heavy (non-hydrogen) atoms. The minimum absolute atomic E-state index is 0.0207. The van der Waals surface area contributed by atoms with Crippen LogP contribution in [-0.4, -0.2) is 35.3 Å². The maximum atomic E-state index is 11.8. The predicted molar refractivity (Wildman–Crippen MR) is 63.8 cm³/mol. The number of rotatable bonds is 6. The summed E-state index contributed by atoms with van der Waals surface area (Å²) in [4.78, 5) is 4.35. The van der Waals surface area contributed by atoms with Crippen LogP contribution in [0.15, 0.2) is 30.6 Å². The van der Waals surface area contributed by atoms with E-state index in [0.717, 1.165) is 11.3 Å². The number of hydrogen-bond donors (Lipinski definition) is 1. The maximum Gasteiger partial charge on any atom is 0.411 e. The molecular weight excluding hydrogens is 259 g/mol. The van der Waals surface area contributed by atoms with Gasteiger partial charge in [-0.3, -0.25) is 0 Å². The van der Waals surface area contributed by atoms with Gasteiger partial charge in [-0.05, 0) is 12.1 Å². The molecule has 0 aliphatic carbocycles. The number of alkyl halides is 3. The van der Waals surface area contributed by atoms with Gasteiger partial charge in [-0.15, -0.1) is 0 Å². The first kappa shape index (κ1) is 13.8. The van der Waals surface area contributed by atoms with Crippen LogP contribution in [-0.2, 0) is 11.3 Å². The predicted octanol–water partition coefficient (Wildman–Crippen LogP) is 2.00. The molecule has 0 unspecified atom stereocenters. The Balaban J connectivity index is 1.68. The summed E-state index contributed by atoms with van der Waals surface area (Å²) in [6.45, 7) is -0.336. The van der Waals surface area contributed by atoms with E-state index in [4.69, 9.17) is 0 Å². The number of ether oxygens (including phenoxy) is 1. The number of nitrogens with one attached hydrogen (secondary N) is 1. The lowest BCUT2D eigenvalue weighted by Gasteiger charge is -2.07. The van der Waals surface area contributed by atoms with Crippen molar-refractivity contribution >= 4 is 5.65 Å². The third-order valence-electron chi connectivity index (χ3n) is 2.41. The van der Waals surface area contributed by atoms with Crippen LogP contribution in [0.3, 0.4) is 0 Å². The minimum Gasteiger partial charge on any atom is -0.371 e. The number of hydrogen-bond acceptors (Lipinski definition) is 3. The first-order valence-electron chi connectivity index (χ1n) is 5.82. The van der Waals surface area contributed by atoms with Gasteiger partial charge in [0.25, 0.3) is 0 Å². The van der Waals surface area contributed by atoms with Crippen LogP contribution in [0, 0.1) is 0 Å². The Morgan fingerprint density at radius 1 is 1.32 bits per heavy atom. The SMILES string of the molecule is FC(F)(F)COCCNCc1cn2ccccc2n1. The van der Waals surface area contributed by atoms with Crippen molar-refractivity contribution in [3.8, 4) is 0 Å². The fourth-order valence-corrected chi connectivity index (χ4v) is 1.62. The molecule has 0 fully saturated rings. The van der Waals surface area contributed by atoms with Gasteiger partial charge in [-0.2, -0.15) is 13.2 Å². The Kier molecular flexibility index (Phi) is 4.39. The molecule has 0 saturated carbocycles. The van der Waals surface area contributed by atoms with Crippen molar-refractivity contribution in [1.29, 1.82) is 0 Å². The molecule has 0 amide bonds. The smallest absolute Gasteiger partial charge is 0.371 e. The molecule has 0 saturated heterocycles. The van der Waals surface area contributed by atoms with Gasteiger partial charge in [0.1, 0.15) is 12.3 Å². The molecule has 0 atom stereocenters. The van der Waals surface area contributed by atoms with Crippen molar-refractivity contribution in [1.82, 2.24) is 14.7 Å². The van der Waals surface area contributed by atoms with E-state index in [1.54, 1.807) is 0 Å². The van der Waals surface area contributed by atoms with Crippen molar-refractivity contribution in [2.24, 2.45) is 0 Å². The Morgan fingerprint density at radius 2 is 2.16 bits per heavy atom. The van der Waals surface area contributed by atoms with Crippen LogP contribution >= 0.6 is 0 Å². The molecule has 0 bridgehead atoms. The Hall–Kier alpha value is -1.60. The van der Waals surface area contributed by atoms with Gasteiger partial charge in [-0.1, -0.05) is 6.07 Å². The van der Waals surface area contributed by atoms with Gasteiger partial charge in [-0.25, -0.2) is 4.98 Å². The summed E-state index contributed by atoms with van der Waals surface area (Å²) in [6.07, 6.45) is -0.501. The van der Waals surface area contributed by atoms with E-state index in [-0.39, 0.29) is 6.61 Å². The van der Waals surface area contributed by atoms with Gasteiger partial charge < -0.3 is 14.5 Å². The summed E-state index contributed by atoms with van der Waals surface area (Å²) >= 11 is 0. The summed E-state index contributed by atoms with van der Waals surface area (Å²) in [5.74, 6) is 0. The number of fused-ring (bicyclic) bond motifs is 1. The first-order valence-corrected chi connectivity index (χ1v) is 5.82. The van der Waals surface area contributed by atoms with E-state index in [1.165, 1.54) is 0 Å². The zero-order valence-corrected chi connectivity index (χ0v) is 10.2. The van der Waals surface area contributed by atoms with E-state index in [2.05, 4.69) is 15.0 Å². The summed E-state index contributed by atoms with van der Waals surface area (Å²) in [5, 5.41) is 2.98. The topological polar surface area (TPSA) is 38.6 Å². The molecule has 7 heteroatoms. The second-order valence-corrected chi connectivity index (χ2v) is 4.04. The van der Waals surface area contributed by atoms with Gasteiger partial charge in [0.15, 0.2) is 0 Å². The average Bonchev–Trinajstić information content (AvgIpc) is 2.74. The molecule has 0 radical (unpaired) electrons. The number of halogens is 3. The molecule has 0 aromatic carbocycles. The second-order valence-electron chi connectivity index (χ2n) is 4.04. The molecule has 1 N–H and O–H groups in total. The highest BCUT2D eigenvalue weighted by molar-refractivity contribution is 5.39. The van der Waals surface area contributed by atoms with Gasteiger partial charge in [0, 0.05) is 25.5 Å². The largest absolute Gasteiger partial charge is 0.411 e. The third kappa shape index (κ3) is 4.53. The lowest BCUT2D eigenvalue weighted by molar-refractivity contribution is -0.173. The fraction of sp³-hybridized carbons (Fsp3) is 0.417. The summed E-state index contributed by atoms with van der Waals surface area (Å²) in [7, 11) is 0. The van der Waals surface area contributed by atoms with Crippen molar-refractivity contribution in [3.05, 3.63) is 36.3 Å². The highest BCUT2D eigenvalue weighted by atomic mass is 19.4. The number of nitrogens with zero attached hydrogens (tertiary/aromatic N) is 2. The lowest BCUT2D eigenvalue weighted by atomic mass is 10.4. The standard InChI is InChI=1S/C12H14F3N3O/c13-12(14,15)9-19-6-4-16-7-10-8-18-5-2-1-3-11(18)17-10/h1-3,5,8,16H,4,6-7,9H2. The van der Waals surface area contributed by atoms with Gasteiger partial charge in [0.05, 0.1) is 12.3 Å². The molecule has 0 aliphatic rings. The van der Waals surface area contributed by atoms with Crippen molar-refractivity contribution in [2.45, 2.75) is 12.7 Å². The number of pyridine rings is 1. The monoisotopic (exact) mass is 273 g/mol. The Bertz CT molecular complexity index is 491. The maximum absolute atomic E-state index is 11.8. The zero-order chi connectivity index (χ0) is 13.7. The Morgan fingerprint density at radius 3 is 2.89 bits per heavy atom. The molecule has 104 valence electrons. The molecular formula is C12H14F3N3O. The van der Waals surface area contributed by atoms with Crippen molar-refractivity contribution in [2.75, 3.05) is 19.8 Å². The van der Waals surface area contributed by atoms with Crippen molar-refractivity contribution in [3.63, 3.8) is 0 Å². The summed E-state index contributed by atoms with van der Waals surface area (Å²) in [6, 6.07) is 5.68. The van der Waals surface area contributed by atoms with E-state index in [1.807, 2.05) is 35.0 Å². The molecule has 2 aromatic heterocycles. The van der Waals surface area contributed by atoms with E-state index in [9.17, 15) is 13.2 Å². The van der Waals surface area contributed by atoms with Crippen molar-refractivity contribution < 1.29 is 17.9 Å². The summed E-state index contributed by atoms with van der Waals surface area (Å²) < 4.78 is 41.7. The van der Waals surface area contributed by atoms with E-state index < -0.39 is 12.8 Å². The number of imidazole rings is 1. The van der Waals surface area contributed by atoms with E-state index in [0.29, 0.717) is 13.1 Å². The van der Waals surface area contributed by atoms with Crippen LogP contribution in [0.5, 0.6) is 0 Å². The molecule has 0 aliphatic heterocycles. The second kappa shape index (κ2) is 6.03. The Labute approximate surface area is 108 Å². The lowest BCUT2D eigenvalue weighted by Crippen LogP contribution is -2.23. The quantitative estimate of drug-likeness (QED) is 0.818. The van der Waals surface area contributed by atoms with Crippen LogP contribution in [0.1, 0.15) is 5.69 Å². The fourth-order valence-electron chi connectivity index (χ4n) is 1.62. The van der Waals surface area contributed by atoms with Gasteiger partial charge >= 0.3 is 6.18 Å². The van der Waals surface area contributed by atoms with Crippen LogP contribution in [0.4, 0.5) is 13.2 Å². The normalized spacial score (nSPS) is 12.2. The minimum atomic E-state index is -4.26. The van der Waals surface area contributed by atoms with Crippen LogP contribution < -0.4 is 5.32 Å². The molecule has 2 rings (SSSR count). The first-order chi connectivity index (χ1) is 9.04. The molecule has 4 nitrogen and oxygen atoms in total. The molecule has 2 aromatic rings. The highest BCUT2D eigenvalue weighted by Gasteiger charge is 2.27. The molecule has 0 spiro atoms.